The number of likely N-dealkylation sites (N-methyl/N-ethyl adjacent to an activating group) is 1. The van der Waals surface area contributed by atoms with E-state index >= 15 is 0 Å². The van der Waals surface area contributed by atoms with Crippen molar-refractivity contribution in [3.8, 4) is 0 Å². The number of carbonyl (C=O) groups excluding carboxylic acids is 1. The smallest absolute Gasteiger partial charge is 0.145 e. The van der Waals surface area contributed by atoms with E-state index in [2.05, 4.69) is 10.3 Å². The number of benzene rings is 1. The molecule has 0 saturated carbocycles. The predicted molar refractivity (Wildman–Crippen MR) is 77.6 cm³/mol. The van der Waals surface area contributed by atoms with Crippen LogP contribution in [0.2, 0.25) is 0 Å². The van der Waals surface area contributed by atoms with Crippen LogP contribution in [0.3, 0.4) is 0 Å². The van der Waals surface area contributed by atoms with E-state index in [9.17, 15) is 4.79 Å². The number of nitrogens with one attached hydrogen (secondary N) is 1. The number of ether oxygens (including phenoxy) is 1. The Morgan fingerprint density at radius 2 is 2.15 bits per heavy atom. The van der Waals surface area contributed by atoms with E-state index < -0.39 is 0 Å². The first kappa shape index (κ1) is 13.2. The average Bonchev–Trinajstić information content (AvgIpc) is 2.95. The van der Waals surface area contributed by atoms with E-state index in [1.54, 1.807) is 0 Å². The lowest BCUT2D eigenvalue weighted by molar-refractivity contribution is -0.122. The molecule has 0 spiro atoms. The summed E-state index contributed by atoms with van der Waals surface area (Å²) in [5, 5.41) is 4.24. The van der Waals surface area contributed by atoms with Crippen LogP contribution < -0.4 is 5.32 Å². The molecule has 1 aliphatic heterocycles. The van der Waals surface area contributed by atoms with E-state index in [4.69, 9.17) is 4.74 Å². The van der Waals surface area contributed by atoms with Crippen LogP contribution in [0.4, 0.5) is 0 Å². The summed E-state index contributed by atoms with van der Waals surface area (Å²) < 4.78 is 5.39. The van der Waals surface area contributed by atoms with Crippen molar-refractivity contribution in [2.75, 3.05) is 20.3 Å². The molecule has 1 saturated heterocycles. The normalized spacial score (nSPS) is 22.2. The fraction of sp³-hybridized carbons (Fsp3) is 0.375. The van der Waals surface area contributed by atoms with Gasteiger partial charge in [-0.1, -0.05) is 24.3 Å². The first-order chi connectivity index (χ1) is 9.78. The maximum absolute atomic E-state index is 12.4. The molecule has 2 aromatic rings. The summed E-state index contributed by atoms with van der Waals surface area (Å²) in [4.78, 5) is 16.9. The molecule has 4 heteroatoms. The van der Waals surface area contributed by atoms with Gasteiger partial charge in [-0.25, -0.2) is 0 Å². The van der Waals surface area contributed by atoms with Crippen molar-refractivity contribution in [1.82, 2.24) is 10.3 Å². The van der Waals surface area contributed by atoms with Crippen LogP contribution in [0.1, 0.15) is 5.69 Å². The molecule has 0 amide bonds. The largest absolute Gasteiger partial charge is 0.379 e. The van der Waals surface area contributed by atoms with E-state index in [1.165, 1.54) is 0 Å². The lowest BCUT2D eigenvalue weighted by Gasteiger charge is -2.15. The summed E-state index contributed by atoms with van der Waals surface area (Å²) in [7, 11) is 1.87. The Hall–Kier alpha value is -1.78. The highest BCUT2D eigenvalue weighted by atomic mass is 16.5. The van der Waals surface area contributed by atoms with Gasteiger partial charge in [-0.05, 0) is 19.2 Å². The van der Waals surface area contributed by atoms with Gasteiger partial charge < -0.3 is 10.1 Å². The quantitative estimate of drug-likeness (QED) is 0.916. The molecule has 1 aliphatic rings. The number of nitrogens with zero attached hydrogens (tertiary/aromatic N) is 1. The maximum atomic E-state index is 12.4. The second kappa shape index (κ2) is 5.69. The zero-order valence-corrected chi connectivity index (χ0v) is 11.5. The molecular weight excluding hydrogens is 252 g/mol. The fourth-order valence-corrected chi connectivity index (χ4v) is 2.67. The molecule has 2 unspecified atom stereocenters. The topological polar surface area (TPSA) is 51.2 Å². The Balaban J connectivity index is 1.77. The molecule has 1 aromatic heterocycles. The first-order valence-electron chi connectivity index (χ1n) is 6.90. The number of aromatic nitrogens is 1. The number of hydrogen-bond donors (Lipinski definition) is 1. The van der Waals surface area contributed by atoms with E-state index in [0.29, 0.717) is 19.6 Å². The van der Waals surface area contributed by atoms with Gasteiger partial charge >= 0.3 is 0 Å². The molecule has 0 radical (unpaired) electrons. The molecule has 1 N–H and O–H groups in total. The molecule has 0 aliphatic carbocycles. The fourth-order valence-electron chi connectivity index (χ4n) is 2.67. The zero-order chi connectivity index (χ0) is 13.9. The minimum Gasteiger partial charge on any atom is -0.379 e. The third-order valence-corrected chi connectivity index (χ3v) is 3.88. The van der Waals surface area contributed by atoms with Gasteiger partial charge in [0.1, 0.15) is 5.78 Å². The SMILES string of the molecule is CNC1COCC1C(=O)Cc1ccc2ccccc2n1. The van der Waals surface area contributed by atoms with Gasteiger partial charge in [0.25, 0.3) is 0 Å². The Bertz CT molecular complexity index is 627. The predicted octanol–water partition coefficient (Wildman–Crippen LogP) is 1.58. The van der Waals surface area contributed by atoms with Gasteiger partial charge in [0, 0.05) is 23.5 Å². The van der Waals surface area contributed by atoms with E-state index in [-0.39, 0.29) is 17.7 Å². The monoisotopic (exact) mass is 270 g/mol. The van der Waals surface area contributed by atoms with Gasteiger partial charge in [-0.15, -0.1) is 0 Å². The average molecular weight is 270 g/mol. The van der Waals surface area contributed by atoms with Crippen molar-refractivity contribution >= 4 is 16.7 Å². The van der Waals surface area contributed by atoms with Crippen molar-refractivity contribution < 1.29 is 9.53 Å². The lowest BCUT2D eigenvalue weighted by Crippen LogP contribution is -2.37. The van der Waals surface area contributed by atoms with Gasteiger partial charge in [0.05, 0.1) is 24.6 Å². The molecule has 104 valence electrons. The Morgan fingerprint density at radius 1 is 1.30 bits per heavy atom. The first-order valence-corrected chi connectivity index (χ1v) is 6.90. The zero-order valence-electron chi connectivity index (χ0n) is 11.5. The van der Waals surface area contributed by atoms with Gasteiger partial charge in [-0.3, -0.25) is 9.78 Å². The third-order valence-electron chi connectivity index (χ3n) is 3.88. The van der Waals surface area contributed by atoms with Crippen molar-refractivity contribution in [2.24, 2.45) is 5.92 Å². The summed E-state index contributed by atoms with van der Waals surface area (Å²) in [6.07, 6.45) is 0.372. The molecule has 2 heterocycles. The molecule has 3 rings (SSSR count). The van der Waals surface area contributed by atoms with Crippen LogP contribution >= 0.6 is 0 Å². The highest BCUT2D eigenvalue weighted by Gasteiger charge is 2.32. The summed E-state index contributed by atoms with van der Waals surface area (Å²) >= 11 is 0. The van der Waals surface area contributed by atoms with Crippen LogP contribution in [-0.2, 0) is 16.0 Å². The summed E-state index contributed by atoms with van der Waals surface area (Å²) in [6.45, 7) is 1.12. The van der Waals surface area contributed by atoms with Crippen LogP contribution in [0.25, 0.3) is 10.9 Å². The Kier molecular flexibility index (Phi) is 3.76. The summed E-state index contributed by atoms with van der Waals surface area (Å²) in [6, 6.07) is 12.0. The number of ketones is 1. The second-order valence-electron chi connectivity index (χ2n) is 5.18. The van der Waals surface area contributed by atoms with Gasteiger partial charge in [-0.2, -0.15) is 0 Å². The number of carbonyl (C=O) groups is 1. The second-order valence-corrected chi connectivity index (χ2v) is 5.18. The number of pyridine rings is 1. The lowest BCUT2D eigenvalue weighted by atomic mass is 9.95. The van der Waals surface area contributed by atoms with Crippen molar-refractivity contribution in [3.05, 3.63) is 42.1 Å². The Morgan fingerprint density at radius 3 is 3.00 bits per heavy atom. The molecule has 4 nitrogen and oxygen atoms in total. The minimum atomic E-state index is -0.0618. The van der Waals surface area contributed by atoms with E-state index in [0.717, 1.165) is 16.6 Å². The van der Waals surface area contributed by atoms with Crippen LogP contribution in [0.5, 0.6) is 0 Å². The molecule has 1 aromatic carbocycles. The van der Waals surface area contributed by atoms with Crippen LogP contribution in [0, 0.1) is 5.92 Å². The van der Waals surface area contributed by atoms with Crippen LogP contribution in [0.15, 0.2) is 36.4 Å². The highest BCUT2D eigenvalue weighted by molar-refractivity contribution is 5.85. The third kappa shape index (κ3) is 2.57. The van der Waals surface area contributed by atoms with Gasteiger partial charge in [0.15, 0.2) is 0 Å². The molecule has 0 bridgehead atoms. The maximum Gasteiger partial charge on any atom is 0.145 e. The minimum absolute atomic E-state index is 0.0618. The molecule has 2 atom stereocenters. The number of hydrogen-bond acceptors (Lipinski definition) is 4. The number of fused-ring (bicyclic) bond motifs is 1. The molecular formula is C16H18N2O2. The molecule has 20 heavy (non-hydrogen) atoms. The van der Waals surface area contributed by atoms with Crippen molar-refractivity contribution in [1.29, 1.82) is 0 Å². The number of Topliss-reactive ketones (excluding diaryl/α,β-unsaturated/α-hetero) is 1. The number of para-hydroxylation sites is 1. The highest BCUT2D eigenvalue weighted by Crippen LogP contribution is 2.18. The number of rotatable bonds is 4. The van der Waals surface area contributed by atoms with Gasteiger partial charge in [0.2, 0.25) is 0 Å². The Labute approximate surface area is 118 Å². The van der Waals surface area contributed by atoms with Crippen molar-refractivity contribution in [3.63, 3.8) is 0 Å². The van der Waals surface area contributed by atoms with Crippen LogP contribution in [-0.4, -0.2) is 37.1 Å². The summed E-state index contributed by atoms with van der Waals surface area (Å²) in [5.41, 5.74) is 1.76. The standard InChI is InChI=1S/C16H18N2O2/c1-17-15-10-20-9-13(15)16(19)8-12-7-6-11-4-2-3-5-14(11)18-12/h2-7,13,15,17H,8-10H2,1H3. The van der Waals surface area contributed by atoms with E-state index in [1.807, 2.05) is 43.4 Å². The van der Waals surface area contributed by atoms with Crippen molar-refractivity contribution in [2.45, 2.75) is 12.5 Å². The summed E-state index contributed by atoms with van der Waals surface area (Å²) in [5.74, 6) is 0.137. The molecule has 1 fully saturated rings.